The van der Waals surface area contributed by atoms with Crippen LogP contribution < -0.4 is 0 Å². The summed E-state index contributed by atoms with van der Waals surface area (Å²) in [6.07, 6.45) is 0.593. The Hall–Kier alpha value is -1.62. The molecule has 106 valence electrons. The van der Waals surface area contributed by atoms with Crippen molar-refractivity contribution in [2.24, 2.45) is 0 Å². The average Bonchev–Trinajstić information content (AvgIpc) is 2.83. The number of hydrogen-bond donors (Lipinski definition) is 1. The van der Waals surface area contributed by atoms with Crippen molar-refractivity contribution in [3.8, 4) is 5.69 Å². The molecule has 0 bridgehead atoms. The summed E-state index contributed by atoms with van der Waals surface area (Å²) in [5.41, 5.74) is 1.92. The van der Waals surface area contributed by atoms with Gasteiger partial charge in [-0.3, -0.25) is 9.67 Å². The van der Waals surface area contributed by atoms with Crippen molar-refractivity contribution < 1.29 is 0 Å². The predicted molar refractivity (Wildman–Crippen MR) is 88.0 cm³/mol. The Bertz CT molecular complexity index is 821. The van der Waals surface area contributed by atoms with Crippen LogP contribution >= 0.6 is 35.4 Å². The van der Waals surface area contributed by atoms with Crippen LogP contribution in [0.25, 0.3) is 5.69 Å². The van der Waals surface area contributed by atoms with Crippen molar-refractivity contribution in [2.45, 2.75) is 6.42 Å². The van der Waals surface area contributed by atoms with Crippen LogP contribution in [0.4, 0.5) is 0 Å². The van der Waals surface area contributed by atoms with Crippen LogP contribution in [0.15, 0.2) is 48.5 Å². The van der Waals surface area contributed by atoms with Gasteiger partial charge in [-0.2, -0.15) is 5.10 Å². The fourth-order valence-electron chi connectivity index (χ4n) is 2.12. The van der Waals surface area contributed by atoms with E-state index in [0.717, 1.165) is 17.1 Å². The number of H-pyrrole nitrogens is 1. The minimum Gasteiger partial charge on any atom is -0.272 e. The lowest BCUT2D eigenvalue weighted by molar-refractivity contribution is 0.902. The van der Waals surface area contributed by atoms with Gasteiger partial charge in [0.2, 0.25) is 0 Å². The van der Waals surface area contributed by atoms with E-state index in [9.17, 15) is 0 Å². The quantitative estimate of drug-likeness (QED) is 0.695. The first-order chi connectivity index (χ1) is 10.1. The molecule has 21 heavy (non-hydrogen) atoms. The van der Waals surface area contributed by atoms with E-state index in [0.29, 0.717) is 21.2 Å². The summed E-state index contributed by atoms with van der Waals surface area (Å²) in [4.78, 5) is 0. The van der Waals surface area contributed by atoms with E-state index in [-0.39, 0.29) is 0 Å². The molecule has 0 saturated heterocycles. The molecule has 0 aliphatic carbocycles. The number of aromatic amines is 1. The minimum absolute atomic E-state index is 0.541. The fourth-order valence-corrected chi connectivity index (χ4v) is 2.70. The fraction of sp³-hybridized carbons (Fsp3) is 0.0667. The summed E-state index contributed by atoms with van der Waals surface area (Å²) in [6.45, 7) is 0. The molecule has 3 aromatic rings. The van der Waals surface area contributed by atoms with Gasteiger partial charge in [0.15, 0.2) is 4.77 Å². The molecule has 1 heterocycles. The van der Waals surface area contributed by atoms with Crippen LogP contribution in [0.1, 0.15) is 11.4 Å². The number of aromatic nitrogens is 3. The molecule has 0 fully saturated rings. The second-order valence-corrected chi connectivity index (χ2v) is 5.76. The second kappa shape index (κ2) is 6.02. The van der Waals surface area contributed by atoms with E-state index >= 15 is 0 Å². The first-order valence-corrected chi connectivity index (χ1v) is 7.47. The first-order valence-electron chi connectivity index (χ1n) is 6.31. The van der Waals surface area contributed by atoms with E-state index in [4.69, 9.17) is 35.4 Å². The summed E-state index contributed by atoms with van der Waals surface area (Å²) >= 11 is 17.5. The Morgan fingerprint density at radius 2 is 1.76 bits per heavy atom. The highest BCUT2D eigenvalue weighted by molar-refractivity contribution is 7.71. The van der Waals surface area contributed by atoms with Gasteiger partial charge in [-0.05, 0) is 48.1 Å². The van der Waals surface area contributed by atoms with Crippen LogP contribution in [0.2, 0.25) is 10.0 Å². The van der Waals surface area contributed by atoms with E-state index in [1.54, 1.807) is 0 Å². The van der Waals surface area contributed by atoms with Crippen molar-refractivity contribution in [1.82, 2.24) is 14.8 Å². The number of nitrogens with one attached hydrogen (secondary N) is 1. The lowest BCUT2D eigenvalue weighted by Gasteiger charge is -2.08. The lowest BCUT2D eigenvalue weighted by atomic mass is 10.1. The Morgan fingerprint density at radius 3 is 2.48 bits per heavy atom. The molecule has 0 atom stereocenters. The summed E-state index contributed by atoms with van der Waals surface area (Å²) in [7, 11) is 0. The molecule has 3 rings (SSSR count). The smallest absolute Gasteiger partial charge is 0.199 e. The molecule has 0 aliphatic rings. The molecule has 3 nitrogen and oxygen atoms in total. The SMILES string of the molecule is S=c1[nH]nc(Cc2ccccc2Cl)n1-c1ccc(Cl)cc1. The van der Waals surface area contributed by atoms with Crippen molar-refractivity contribution >= 4 is 35.4 Å². The molecule has 1 N–H and O–H groups in total. The molecule has 0 unspecified atom stereocenters. The monoisotopic (exact) mass is 335 g/mol. The Morgan fingerprint density at radius 1 is 1.05 bits per heavy atom. The van der Waals surface area contributed by atoms with Crippen molar-refractivity contribution in [3.05, 3.63) is 74.7 Å². The molecule has 6 heteroatoms. The highest BCUT2D eigenvalue weighted by atomic mass is 35.5. The number of rotatable bonds is 3. The third-order valence-corrected chi connectivity index (χ3v) is 4.03. The zero-order valence-corrected chi connectivity index (χ0v) is 13.2. The Labute approximate surface area is 137 Å². The Balaban J connectivity index is 2.03. The summed E-state index contributed by atoms with van der Waals surface area (Å²) < 4.78 is 2.43. The molecule has 2 aromatic carbocycles. The van der Waals surface area contributed by atoms with Crippen LogP contribution in [0.5, 0.6) is 0 Å². The van der Waals surface area contributed by atoms with Crippen molar-refractivity contribution in [1.29, 1.82) is 0 Å². The molecule has 0 spiro atoms. The van der Waals surface area contributed by atoms with Gasteiger partial charge >= 0.3 is 0 Å². The molecule has 0 saturated carbocycles. The maximum Gasteiger partial charge on any atom is 0.199 e. The van der Waals surface area contributed by atoms with E-state index in [1.807, 2.05) is 53.1 Å². The normalized spacial score (nSPS) is 10.8. The second-order valence-electron chi connectivity index (χ2n) is 4.53. The maximum absolute atomic E-state index is 6.21. The number of hydrogen-bond acceptors (Lipinski definition) is 2. The number of benzene rings is 2. The van der Waals surface area contributed by atoms with Crippen molar-refractivity contribution in [3.63, 3.8) is 0 Å². The van der Waals surface area contributed by atoms with E-state index < -0.39 is 0 Å². The lowest BCUT2D eigenvalue weighted by Crippen LogP contribution is -2.02. The minimum atomic E-state index is 0.541. The largest absolute Gasteiger partial charge is 0.272 e. The molecule has 0 amide bonds. The van der Waals surface area contributed by atoms with Crippen LogP contribution in [0, 0.1) is 4.77 Å². The van der Waals surface area contributed by atoms with Crippen molar-refractivity contribution in [2.75, 3.05) is 0 Å². The average molecular weight is 336 g/mol. The highest BCUT2D eigenvalue weighted by Crippen LogP contribution is 2.21. The molecular weight excluding hydrogens is 325 g/mol. The highest BCUT2D eigenvalue weighted by Gasteiger charge is 2.10. The molecule has 0 aliphatic heterocycles. The van der Waals surface area contributed by atoms with E-state index in [1.165, 1.54) is 0 Å². The third-order valence-electron chi connectivity index (χ3n) is 3.13. The van der Waals surface area contributed by atoms with Gasteiger partial charge in [-0.1, -0.05) is 41.4 Å². The summed E-state index contributed by atoms with van der Waals surface area (Å²) in [5, 5.41) is 8.53. The third kappa shape index (κ3) is 3.02. The van der Waals surface area contributed by atoms with Gasteiger partial charge in [0, 0.05) is 22.2 Å². The van der Waals surface area contributed by atoms with E-state index in [2.05, 4.69) is 10.2 Å². The Kier molecular flexibility index (Phi) is 4.10. The number of nitrogens with zero attached hydrogens (tertiary/aromatic N) is 2. The summed E-state index contributed by atoms with van der Waals surface area (Å²) in [5.74, 6) is 0.801. The zero-order chi connectivity index (χ0) is 14.8. The summed E-state index contributed by atoms with van der Waals surface area (Å²) in [6, 6.07) is 15.2. The zero-order valence-electron chi connectivity index (χ0n) is 10.9. The molecular formula is C15H11Cl2N3S. The first kappa shape index (κ1) is 14.3. The topological polar surface area (TPSA) is 33.6 Å². The number of halogens is 2. The van der Waals surface area contributed by atoms with Gasteiger partial charge < -0.3 is 0 Å². The van der Waals surface area contributed by atoms with Crippen LogP contribution in [-0.4, -0.2) is 14.8 Å². The molecule has 1 aromatic heterocycles. The predicted octanol–water partition coefficient (Wildman–Crippen LogP) is 4.83. The standard InChI is InChI=1S/C15H11Cl2N3S/c16-11-5-7-12(8-6-11)20-14(18-19-15(20)21)9-10-3-1-2-4-13(10)17/h1-8H,9H2,(H,19,21). The maximum atomic E-state index is 6.21. The van der Waals surface area contributed by atoms with Crippen LogP contribution in [-0.2, 0) is 6.42 Å². The molecule has 0 radical (unpaired) electrons. The van der Waals surface area contributed by atoms with Gasteiger partial charge in [-0.25, -0.2) is 0 Å². The van der Waals surface area contributed by atoms with Gasteiger partial charge in [-0.15, -0.1) is 0 Å². The van der Waals surface area contributed by atoms with Gasteiger partial charge in [0.25, 0.3) is 0 Å². The van der Waals surface area contributed by atoms with Gasteiger partial charge in [0.1, 0.15) is 5.82 Å². The van der Waals surface area contributed by atoms with Gasteiger partial charge in [0.05, 0.1) is 0 Å². The van der Waals surface area contributed by atoms with Crippen LogP contribution in [0.3, 0.4) is 0 Å².